The highest BCUT2D eigenvalue weighted by Crippen LogP contribution is 2.40. The lowest BCUT2D eigenvalue weighted by molar-refractivity contribution is -0.143. The van der Waals surface area contributed by atoms with E-state index in [-0.39, 0.29) is 31.1 Å². The van der Waals surface area contributed by atoms with Crippen molar-refractivity contribution in [1.82, 2.24) is 9.80 Å². The van der Waals surface area contributed by atoms with E-state index in [2.05, 4.69) is 0 Å². The van der Waals surface area contributed by atoms with Crippen LogP contribution in [0.15, 0.2) is 36.4 Å². The van der Waals surface area contributed by atoms with Crippen molar-refractivity contribution in [2.24, 2.45) is 5.92 Å². The van der Waals surface area contributed by atoms with Gasteiger partial charge in [-0.25, -0.2) is 13.6 Å². The number of alkyl halides is 6. The number of likely N-dealkylation sites (tertiary alicyclic amines) is 1. The maximum Gasteiger partial charge on any atom is 0.416 e. The predicted molar refractivity (Wildman–Crippen MR) is 133 cm³/mol. The molecule has 0 spiro atoms. The van der Waals surface area contributed by atoms with E-state index in [4.69, 9.17) is 4.74 Å². The lowest BCUT2D eigenvalue weighted by Crippen LogP contribution is -2.49. The van der Waals surface area contributed by atoms with Crippen LogP contribution in [0.2, 0.25) is 0 Å². The van der Waals surface area contributed by atoms with Crippen LogP contribution in [-0.4, -0.2) is 47.5 Å². The fraction of sp³-hybridized carbons (Fsp3) is 0.500. The summed E-state index contributed by atoms with van der Waals surface area (Å²) >= 11 is 0. The van der Waals surface area contributed by atoms with Crippen molar-refractivity contribution in [2.75, 3.05) is 20.1 Å². The normalized spacial score (nSPS) is 19.1. The van der Waals surface area contributed by atoms with Crippen LogP contribution in [0.1, 0.15) is 68.3 Å². The second-order valence-corrected chi connectivity index (χ2v) is 11.1. The van der Waals surface area contributed by atoms with Gasteiger partial charge in [0.2, 0.25) is 5.91 Å². The SMILES string of the molecule is C[C@H](c1cc(C(F)(F)F)cc(C(F)(F)F)c1)N(C)C(=O)[C@@H]1CCN(C(=O)OC(C)(C)C)C[C@H]1c1ccc(F)cc1F. The summed E-state index contributed by atoms with van der Waals surface area (Å²) in [5.74, 6) is -4.58. The van der Waals surface area contributed by atoms with Crippen molar-refractivity contribution in [1.29, 1.82) is 0 Å². The second-order valence-electron chi connectivity index (χ2n) is 11.1. The number of carbonyl (C=O) groups excluding carboxylic acids is 2. The van der Waals surface area contributed by atoms with Gasteiger partial charge in [-0.15, -0.1) is 0 Å². The van der Waals surface area contributed by atoms with Gasteiger partial charge in [-0.05, 0) is 69.5 Å². The summed E-state index contributed by atoms with van der Waals surface area (Å²) < 4.78 is 114. The van der Waals surface area contributed by atoms with Crippen molar-refractivity contribution in [3.63, 3.8) is 0 Å². The minimum Gasteiger partial charge on any atom is -0.444 e. The molecule has 1 aliphatic heterocycles. The molecule has 1 aliphatic rings. The first-order valence-corrected chi connectivity index (χ1v) is 12.7. The van der Waals surface area contributed by atoms with Crippen LogP contribution in [0, 0.1) is 17.6 Å². The van der Waals surface area contributed by atoms with E-state index in [9.17, 15) is 44.7 Å². The van der Waals surface area contributed by atoms with Gasteiger partial charge < -0.3 is 14.5 Å². The zero-order valence-corrected chi connectivity index (χ0v) is 23.0. The highest BCUT2D eigenvalue weighted by Gasteiger charge is 2.42. The Balaban J connectivity index is 1.97. The molecule has 1 saturated heterocycles. The summed E-state index contributed by atoms with van der Waals surface area (Å²) in [5, 5.41) is 0. The topological polar surface area (TPSA) is 49.9 Å². The van der Waals surface area contributed by atoms with Crippen molar-refractivity contribution in [2.45, 2.75) is 64.0 Å². The van der Waals surface area contributed by atoms with Crippen LogP contribution in [0.3, 0.4) is 0 Å². The summed E-state index contributed by atoms with van der Waals surface area (Å²) in [4.78, 5) is 28.7. The lowest BCUT2D eigenvalue weighted by atomic mass is 9.79. The molecule has 0 bridgehead atoms. The fourth-order valence-electron chi connectivity index (χ4n) is 4.75. The number of halogens is 8. The minimum atomic E-state index is -5.07. The van der Waals surface area contributed by atoms with Gasteiger partial charge in [-0.2, -0.15) is 26.3 Å². The average Bonchev–Trinajstić information content (AvgIpc) is 2.84. The van der Waals surface area contributed by atoms with Gasteiger partial charge in [0.15, 0.2) is 0 Å². The molecule has 2 aromatic rings. The number of benzene rings is 2. The quantitative estimate of drug-likeness (QED) is 0.344. The smallest absolute Gasteiger partial charge is 0.416 e. The van der Waals surface area contributed by atoms with Crippen molar-refractivity contribution < 1.29 is 49.4 Å². The third-order valence-corrected chi connectivity index (χ3v) is 6.96. The molecule has 0 aliphatic carbocycles. The largest absolute Gasteiger partial charge is 0.444 e. The van der Waals surface area contributed by atoms with Gasteiger partial charge in [0, 0.05) is 38.0 Å². The van der Waals surface area contributed by atoms with Gasteiger partial charge >= 0.3 is 18.4 Å². The summed E-state index contributed by atoms with van der Waals surface area (Å²) in [6.45, 7) is 6.02. The Morgan fingerprint density at radius 1 is 0.951 bits per heavy atom. The molecule has 0 N–H and O–H groups in total. The number of amides is 2. The third kappa shape index (κ3) is 7.68. The maximum absolute atomic E-state index is 14.9. The number of rotatable bonds is 4. The van der Waals surface area contributed by atoms with Gasteiger partial charge in [0.05, 0.1) is 17.2 Å². The standard InChI is InChI=1S/C28H30F8N2O3/c1-15(16-10-17(27(31,32)33)12-18(11-16)28(34,35)36)37(5)24(39)21-8-9-38(25(40)41-26(2,3)4)14-22(21)20-7-6-19(29)13-23(20)30/h6-7,10-13,15,21-22H,8-9,14H2,1-5H3/t15-,21-,22+/m1/s1. The molecule has 1 heterocycles. The van der Waals surface area contributed by atoms with E-state index in [0.29, 0.717) is 18.2 Å². The molecule has 2 aromatic carbocycles. The van der Waals surface area contributed by atoms with Crippen LogP contribution in [0.25, 0.3) is 0 Å². The Kier molecular flexibility index (Phi) is 9.00. The van der Waals surface area contributed by atoms with Gasteiger partial charge in [-0.1, -0.05) is 6.07 Å². The van der Waals surface area contributed by atoms with E-state index in [1.54, 1.807) is 20.8 Å². The number of carbonyl (C=O) groups is 2. The summed E-state index contributed by atoms with van der Waals surface area (Å²) in [7, 11) is 1.22. The summed E-state index contributed by atoms with van der Waals surface area (Å²) in [6, 6.07) is 2.60. The van der Waals surface area contributed by atoms with E-state index >= 15 is 0 Å². The Labute approximate surface area is 232 Å². The Bertz CT molecular complexity index is 1250. The molecule has 1 fully saturated rings. The third-order valence-electron chi connectivity index (χ3n) is 6.96. The number of hydrogen-bond acceptors (Lipinski definition) is 3. The van der Waals surface area contributed by atoms with Crippen molar-refractivity contribution in [3.8, 4) is 0 Å². The monoisotopic (exact) mass is 594 g/mol. The molecule has 0 aromatic heterocycles. The molecule has 0 unspecified atom stereocenters. The highest BCUT2D eigenvalue weighted by molar-refractivity contribution is 5.81. The van der Waals surface area contributed by atoms with Crippen LogP contribution < -0.4 is 0 Å². The Hall–Kier alpha value is -3.38. The van der Waals surface area contributed by atoms with Gasteiger partial charge in [0.1, 0.15) is 17.2 Å². The minimum absolute atomic E-state index is 0.00221. The molecule has 226 valence electrons. The van der Waals surface area contributed by atoms with Gasteiger partial charge in [0.25, 0.3) is 0 Å². The summed E-state index contributed by atoms with van der Waals surface area (Å²) in [6.07, 6.45) is -10.9. The number of hydrogen-bond donors (Lipinski definition) is 0. The van der Waals surface area contributed by atoms with E-state index in [1.807, 2.05) is 0 Å². The lowest BCUT2D eigenvalue weighted by Gasteiger charge is -2.41. The zero-order valence-electron chi connectivity index (χ0n) is 23.0. The molecule has 2 amide bonds. The van der Waals surface area contributed by atoms with Crippen LogP contribution in [0.4, 0.5) is 39.9 Å². The number of ether oxygens (including phenoxy) is 1. The Morgan fingerprint density at radius 3 is 2.00 bits per heavy atom. The van der Waals surface area contributed by atoms with Crippen molar-refractivity contribution in [3.05, 3.63) is 70.3 Å². The molecular weight excluding hydrogens is 564 g/mol. The molecule has 0 radical (unpaired) electrons. The van der Waals surface area contributed by atoms with E-state index in [0.717, 1.165) is 17.0 Å². The molecule has 3 rings (SSSR count). The first kappa shape index (κ1) is 32.1. The predicted octanol–water partition coefficient (Wildman–Crippen LogP) is 7.56. The zero-order chi connectivity index (χ0) is 31.1. The van der Waals surface area contributed by atoms with Crippen LogP contribution in [-0.2, 0) is 21.9 Å². The van der Waals surface area contributed by atoms with Crippen molar-refractivity contribution >= 4 is 12.0 Å². The molecule has 13 heteroatoms. The molecule has 41 heavy (non-hydrogen) atoms. The average molecular weight is 595 g/mol. The maximum atomic E-state index is 14.9. The van der Waals surface area contributed by atoms with E-state index < -0.39 is 76.2 Å². The van der Waals surface area contributed by atoms with Crippen LogP contribution in [0.5, 0.6) is 0 Å². The fourth-order valence-corrected chi connectivity index (χ4v) is 4.75. The molecular formula is C28H30F8N2O3. The number of nitrogens with zero attached hydrogens (tertiary/aromatic N) is 2. The van der Waals surface area contributed by atoms with Gasteiger partial charge in [-0.3, -0.25) is 4.79 Å². The first-order valence-electron chi connectivity index (χ1n) is 12.7. The first-order chi connectivity index (χ1) is 18.7. The molecule has 0 saturated carbocycles. The summed E-state index contributed by atoms with van der Waals surface area (Å²) in [5.41, 5.74) is -4.37. The Morgan fingerprint density at radius 2 is 1.51 bits per heavy atom. The second kappa shape index (κ2) is 11.5. The highest BCUT2D eigenvalue weighted by atomic mass is 19.4. The van der Waals surface area contributed by atoms with Crippen LogP contribution >= 0.6 is 0 Å². The molecule has 3 atom stereocenters. The van der Waals surface area contributed by atoms with E-state index in [1.165, 1.54) is 18.9 Å². The molecule has 5 nitrogen and oxygen atoms in total. The number of piperidine rings is 1.